The lowest BCUT2D eigenvalue weighted by Gasteiger charge is -2.34. The Morgan fingerprint density at radius 2 is 0.763 bits per heavy atom. The normalized spacial score (nSPS) is 11.5. The van der Waals surface area contributed by atoms with Crippen LogP contribution in [-0.4, -0.2) is 4.57 Å². The predicted octanol–water partition coefficient (Wildman–Crippen LogP) is 20.8. The van der Waals surface area contributed by atoms with Gasteiger partial charge in [-0.25, -0.2) is 0 Å². The fraction of sp³-hybridized carbons (Fsp3) is 0.120. The molecule has 1 nitrogen and oxygen atoms in total. The lowest BCUT2D eigenvalue weighted by atomic mass is 9.67. The van der Waals surface area contributed by atoms with Crippen molar-refractivity contribution in [3.63, 3.8) is 0 Å². The van der Waals surface area contributed by atoms with Gasteiger partial charge in [0.05, 0.1) is 16.4 Å². The van der Waals surface area contributed by atoms with Crippen molar-refractivity contribution in [1.82, 2.24) is 4.57 Å². The summed E-state index contributed by atoms with van der Waals surface area (Å²) in [6, 6.07) is 102. The van der Waals surface area contributed by atoms with Crippen LogP contribution in [-0.2, 0) is 11.8 Å². The first kappa shape index (κ1) is 52.1. The molecule has 0 unspecified atom stereocenters. The first-order chi connectivity index (χ1) is 37.6. The Hall–Kier alpha value is -8.78. The zero-order chi connectivity index (χ0) is 52.9. The molecule has 0 saturated carbocycles. The second kappa shape index (κ2) is 24.5. The highest BCUT2D eigenvalue weighted by Crippen LogP contribution is 2.56. The summed E-state index contributed by atoms with van der Waals surface area (Å²) >= 11 is 0. The Bertz CT molecular complexity index is 3730. The summed E-state index contributed by atoms with van der Waals surface area (Å²) in [4.78, 5) is 0. The third kappa shape index (κ3) is 10.3. The SMILES string of the molecule is CC.CC.CC.Cc1ccc(-c2ccccc2)cc1.c1ccc(Cc2cccc(-c3cccc(-c4ccc5c(c4)c4ccccc4n5-c4ccc5c(c4)C(c4ccccc4)(c4ccccc4)c4ccccc4-5)c3)c2)cc1. The maximum atomic E-state index is 2.47. The summed E-state index contributed by atoms with van der Waals surface area (Å²) in [6.45, 7) is 14.1. The number of hydrogen-bond donors (Lipinski definition) is 0. The average molecular weight is 984 g/mol. The lowest BCUT2D eigenvalue weighted by molar-refractivity contribution is 0.767. The summed E-state index contributed by atoms with van der Waals surface area (Å²) in [5.74, 6) is 0. The van der Waals surface area contributed by atoms with Crippen LogP contribution in [0.2, 0.25) is 0 Å². The quantitative estimate of drug-likeness (QED) is 0.143. The monoisotopic (exact) mass is 984 g/mol. The van der Waals surface area contributed by atoms with Crippen LogP contribution in [0.15, 0.2) is 279 Å². The molecule has 13 rings (SSSR count). The first-order valence-electron chi connectivity index (χ1n) is 27.4. The van der Waals surface area contributed by atoms with Crippen molar-refractivity contribution in [3.8, 4) is 50.2 Å². The maximum Gasteiger partial charge on any atom is 0.0714 e. The van der Waals surface area contributed by atoms with Crippen molar-refractivity contribution >= 4 is 21.8 Å². The van der Waals surface area contributed by atoms with Crippen LogP contribution in [0.3, 0.4) is 0 Å². The number of para-hydroxylation sites is 1. The highest BCUT2D eigenvalue weighted by Gasteiger charge is 2.46. The smallest absolute Gasteiger partial charge is 0.0714 e. The molecule has 1 heterocycles. The Morgan fingerprint density at radius 3 is 1.42 bits per heavy atom. The summed E-state index contributed by atoms with van der Waals surface area (Å²) in [5.41, 5.74) is 22.3. The van der Waals surface area contributed by atoms with Crippen LogP contribution >= 0.6 is 0 Å². The van der Waals surface area contributed by atoms with Crippen molar-refractivity contribution in [2.75, 3.05) is 0 Å². The van der Waals surface area contributed by atoms with Crippen LogP contribution < -0.4 is 0 Å². The van der Waals surface area contributed by atoms with Crippen molar-refractivity contribution in [3.05, 3.63) is 318 Å². The summed E-state index contributed by atoms with van der Waals surface area (Å²) < 4.78 is 2.47. The van der Waals surface area contributed by atoms with Gasteiger partial charge in [-0.2, -0.15) is 0 Å². The molecule has 1 aromatic heterocycles. The van der Waals surface area contributed by atoms with E-state index < -0.39 is 5.41 Å². The first-order valence-corrected chi connectivity index (χ1v) is 27.4. The number of rotatable bonds is 8. The molecule has 0 spiro atoms. The van der Waals surface area contributed by atoms with E-state index in [1.807, 2.05) is 47.6 Å². The van der Waals surface area contributed by atoms with Gasteiger partial charge in [0, 0.05) is 16.5 Å². The highest BCUT2D eigenvalue weighted by atomic mass is 15.0. The molecule has 1 aliphatic rings. The van der Waals surface area contributed by atoms with Gasteiger partial charge < -0.3 is 4.57 Å². The molecule has 0 atom stereocenters. The molecule has 0 fully saturated rings. The van der Waals surface area contributed by atoms with Gasteiger partial charge in [-0.05, 0) is 128 Å². The zero-order valence-corrected chi connectivity index (χ0v) is 45.2. The third-order valence-electron chi connectivity index (χ3n) is 14.2. The van der Waals surface area contributed by atoms with Gasteiger partial charge in [0.1, 0.15) is 0 Å². The van der Waals surface area contributed by atoms with Crippen molar-refractivity contribution in [2.45, 2.75) is 60.3 Å². The minimum absolute atomic E-state index is 0.456. The fourth-order valence-corrected chi connectivity index (χ4v) is 10.9. The van der Waals surface area contributed by atoms with Gasteiger partial charge in [0.2, 0.25) is 0 Å². The van der Waals surface area contributed by atoms with E-state index in [9.17, 15) is 0 Å². The van der Waals surface area contributed by atoms with Gasteiger partial charge in [-0.15, -0.1) is 0 Å². The summed E-state index contributed by atoms with van der Waals surface area (Å²) in [5, 5.41) is 2.50. The van der Waals surface area contributed by atoms with Crippen LogP contribution in [0.25, 0.3) is 72.0 Å². The third-order valence-corrected chi connectivity index (χ3v) is 14.2. The molecule has 0 bridgehead atoms. The minimum Gasteiger partial charge on any atom is -0.309 e. The Labute approximate surface area is 452 Å². The van der Waals surface area contributed by atoms with E-state index in [0.717, 1.165) is 12.1 Å². The minimum atomic E-state index is -0.456. The molecular formula is C75H69N. The average Bonchev–Trinajstić information content (AvgIpc) is 4.07. The van der Waals surface area contributed by atoms with Gasteiger partial charge in [-0.1, -0.05) is 290 Å². The number of fused-ring (bicyclic) bond motifs is 6. The fourth-order valence-electron chi connectivity index (χ4n) is 10.9. The van der Waals surface area contributed by atoms with Crippen molar-refractivity contribution < 1.29 is 0 Å². The molecule has 0 N–H and O–H groups in total. The van der Waals surface area contributed by atoms with Gasteiger partial charge in [0.15, 0.2) is 0 Å². The largest absolute Gasteiger partial charge is 0.309 e. The maximum absolute atomic E-state index is 2.47. The zero-order valence-electron chi connectivity index (χ0n) is 45.2. The molecule has 0 saturated heterocycles. The van der Waals surface area contributed by atoms with Crippen molar-refractivity contribution in [1.29, 1.82) is 0 Å². The van der Waals surface area contributed by atoms with Crippen LogP contribution in [0.1, 0.15) is 80.5 Å². The van der Waals surface area contributed by atoms with Gasteiger partial charge in [0.25, 0.3) is 0 Å². The molecule has 374 valence electrons. The number of benzene rings is 11. The standard InChI is InChI=1S/C56H39N.C13H12.3C2H6/c1-4-16-39(17-5-1)34-40-18-14-19-41(35-40)42-20-15-21-43(36-42)44-30-33-55-51(37-44)50-27-11-13-29-54(50)57(55)47-31-32-49-48-26-10-12-28-52(48)56(53(49)38-47,45-22-6-2-7-23-45)46-24-8-3-9-25-46;1-11-7-9-13(10-8-11)12-5-3-2-4-6-12;3*1-2/h1-33,35-38H,34H2;2-10H,1H3;3*1-2H3. The molecule has 0 aliphatic heterocycles. The van der Waals surface area contributed by atoms with Gasteiger partial charge in [-0.3, -0.25) is 0 Å². The molecule has 1 aliphatic carbocycles. The molecule has 11 aromatic carbocycles. The second-order valence-corrected chi connectivity index (χ2v) is 18.5. The van der Waals surface area contributed by atoms with Crippen LogP contribution in [0.4, 0.5) is 0 Å². The molecule has 1 heteroatoms. The van der Waals surface area contributed by atoms with Crippen LogP contribution in [0.5, 0.6) is 0 Å². The van der Waals surface area contributed by atoms with Gasteiger partial charge >= 0.3 is 0 Å². The Morgan fingerprint density at radius 1 is 0.303 bits per heavy atom. The molecule has 0 radical (unpaired) electrons. The lowest BCUT2D eigenvalue weighted by Crippen LogP contribution is -2.28. The Kier molecular flexibility index (Phi) is 16.8. The predicted molar refractivity (Wildman–Crippen MR) is 329 cm³/mol. The summed E-state index contributed by atoms with van der Waals surface area (Å²) in [6.07, 6.45) is 0.922. The number of hydrogen-bond acceptors (Lipinski definition) is 0. The van der Waals surface area contributed by atoms with E-state index in [4.69, 9.17) is 0 Å². The van der Waals surface area contributed by atoms with Crippen molar-refractivity contribution in [2.24, 2.45) is 0 Å². The van der Waals surface area contributed by atoms with E-state index in [0.29, 0.717) is 0 Å². The second-order valence-electron chi connectivity index (χ2n) is 18.5. The van der Waals surface area contributed by atoms with E-state index >= 15 is 0 Å². The summed E-state index contributed by atoms with van der Waals surface area (Å²) in [7, 11) is 0. The van der Waals surface area contributed by atoms with Crippen LogP contribution in [0, 0.1) is 6.92 Å². The van der Waals surface area contributed by atoms with E-state index in [1.54, 1.807) is 0 Å². The molecule has 12 aromatic rings. The van der Waals surface area contributed by atoms with E-state index in [-0.39, 0.29) is 0 Å². The molecule has 76 heavy (non-hydrogen) atoms. The Balaban J connectivity index is 0.000000318. The number of aromatic nitrogens is 1. The highest BCUT2D eigenvalue weighted by molar-refractivity contribution is 6.10. The molecular weight excluding hydrogens is 915 g/mol. The van der Waals surface area contributed by atoms with E-state index in [2.05, 4.69) is 284 Å². The number of nitrogens with zero attached hydrogens (tertiary/aromatic N) is 1. The van der Waals surface area contributed by atoms with E-state index in [1.165, 1.54) is 105 Å². The number of aryl methyl sites for hydroxylation is 1. The molecule has 0 amide bonds. The topological polar surface area (TPSA) is 4.93 Å².